The van der Waals surface area contributed by atoms with Crippen LogP contribution >= 0.6 is 23.4 Å². The number of carbonyl (C=O) groups excluding carboxylic acids is 2. The lowest BCUT2D eigenvalue weighted by Crippen LogP contribution is -2.39. The van der Waals surface area contributed by atoms with Gasteiger partial charge in [-0.15, -0.1) is 10.2 Å². The molecule has 150 valence electrons. The Hall–Kier alpha value is -2.84. The fourth-order valence-corrected chi connectivity index (χ4v) is 3.51. The number of rotatable bonds is 7. The molecule has 9 heteroatoms. The lowest BCUT2D eigenvalue weighted by Gasteiger charge is -2.07. The standard InChI is InChI=1S/C20H20ClN5O2S/c1-26-18(15-7-9-16(21)10-8-15)24-25-20(26)29-12-11-17(27)23-19(28)22-13-14-5-3-2-4-6-14/h2-10H,11-13H2,1H3,(H2,22,23,27,28). The molecule has 0 aliphatic rings. The van der Waals surface area contributed by atoms with Crippen LogP contribution in [0.5, 0.6) is 0 Å². The summed E-state index contributed by atoms with van der Waals surface area (Å²) in [5.74, 6) is 0.849. The number of halogens is 1. The fourth-order valence-electron chi connectivity index (χ4n) is 2.54. The second-order valence-corrected chi connectivity index (χ2v) is 7.69. The Kier molecular flexibility index (Phi) is 7.26. The molecular formula is C20H20ClN5O2S. The van der Waals surface area contributed by atoms with Gasteiger partial charge >= 0.3 is 6.03 Å². The van der Waals surface area contributed by atoms with Gasteiger partial charge < -0.3 is 9.88 Å². The van der Waals surface area contributed by atoms with Crippen molar-refractivity contribution in [2.45, 2.75) is 18.1 Å². The molecule has 2 N–H and O–H groups in total. The quantitative estimate of drug-likeness (QED) is 0.559. The van der Waals surface area contributed by atoms with Gasteiger partial charge in [0.25, 0.3) is 0 Å². The minimum atomic E-state index is -0.507. The van der Waals surface area contributed by atoms with Crippen molar-refractivity contribution in [2.24, 2.45) is 7.05 Å². The van der Waals surface area contributed by atoms with Crippen LogP contribution < -0.4 is 10.6 Å². The van der Waals surface area contributed by atoms with E-state index in [1.54, 1.807) is 12.1 Å². The van der Waals surface area contributed by atoms with Crippen LogP contribution in [0.1, 0.15) is 12.0 Å². The highest BCUT2D eigenvalue weighted by atomic mass is 35.5. The molecule has 1 aromatic heterocycles. The van der Waals surface area contributed by atoms with Gasteiger partial charge in [0.05, 0.1) is 0 Å². The topological polar surface area (TPSA) is 88.9 Å². The molecule has 0 unspecified atom stereocenters. The zero-order chi connectivity index (χ0) is 20.6. The molecule has 0 aliphatic heterocycles. The largest absolute Gasteiger partial charge is 0.334 e. The highest BCUT2D eigenvalue weighted by Gasteiger charge is 2.13. The van der Waals surface area contributed by atoms with Crippen LogP contribution in [-0.4, -0.2) is 32.5 Å². The third-order valence-corrected chi connectivity index (χ3v) is 5.32. The molecule has 0 saturated carbocycles. The van der Waals surface area contributed by atoms with Crippen LogP contribution in [0, 0.1) is 0 Å². The van der Waals surface area contributed by atoms with Crippen molar-refractivity contribution >= 4 is 35.3 Å². The Morgan fingerprint density at radius 3 is 2.52 bits per heavy atom. The summed E-state index contributed by atoms with van der Waals surface area (Å²) in [6, 6.07) is 16.3. The number of carbonyl (C=O) groups is 2. The lowest BCUT2D eigenvalue weighted by atomic mass is 10.2. The van der Waals surface area contributed by atoms with Gasteiger partial charge in [-0.05, 0) is 29.8 Å². The van der Waals surface area contributed by atoms with Gasteiger partial charge in [-0.2, -0.15) is 0 Å². The molecule has 0 radical (unpaired) electrons. The SMILES string of the molecule is Cn1c(SCCC(=O)NC(=O)NCc2ccccc2)nnc1-c1ccc(Cl)cc1. The smallest absolute Gasteiger partial charge is 0.321 e. The van der Waals surface area contributed by atoms with E-state index in [1.165, 1.54) is 11.8 Å². The van der Waals surface area contributed by atoms with Crippen LogP contribution in [0.25, 0.3) is 11.4 Å². The van der Waals surface area contributed by atoms with Gasteiger partial charge in [-0.25, -0.2) is 4.79 Å². The molecule has 0 aliphatic carbocycles. The number of aromatic nitrogens is 3. The summed E-state index contributed by atoms with van der Waals surface area (Å²) in [7, 11) is 1.86. The summed E-state index contributed by atoms with van der Waals surface area (Å²) < 4.78 is 1.86. The Balaban J connectivity index is 1.43. The molecule has 0 saturated heterocycles. The number of urea groups is 1. The number of hydrogen-bond acceptors (Lipinski definition) is 5. The normalized spacial score (nSPS) is 10.6. The van der Waals surface area contributed by atoms with E-state index in [1.807, 2.05) is 54.1 Å². The first-order chi connectivity index (χ1) is 14.0. The van der Waals surface area contributed by atoms with Crippen LogP contribution in [0.15, 0.2) is 59.8 Å². The van der Waals surface area contributed by atoms with E-state index in [2.05, 4.69) is 20.8 Å². The van der Waals surface area contributed by atoms with E-state index in [4.69, 9.17) is 11.6 Å². The van der Waals surface area contributed by atoms with Crippen LogP contribution in [0.4, 0.5) is 4.79 Å². The zero-order valence-corrected chi connectivity index (χ0v) is 17.3. The van der Waals surface area contributed by atoms with E-state index < -0.39 is 6.03 Å². The predicted molar refractivity (Wildman–Crippen MR) is 114 cm³/mol. The molecular weight excluding hydrogens is 410 g/mol. The minimum Gasteiger partial charge on any atom is -0.334 e. The van der Waals surface area contributed by atoms with Gasteiger partial charge in [0.2, 0.25) is 5.91 Å². The molecule has 7 nitrogen and oxygen atoms in total. The number of imide groups is 1. The second-order valence-electron chi connectivity index (χ2n) is 6.19. The van der Waals surface area contributed by atoms with E-state index in [0.29, 0.717) is 28.3 Å². The highest BCUT2D eigenvalue weighted by molar-refractivity contribution is 7.99. The number of nitrogens with zero attached hydrogens (tertiary/aromatic N) is 3. The van der Waals surface area contributed by atoms with E-state index in [9.17, 15) is 9.59 Å². The maximum Gasteiger partial charge on any atom is 0.321 e. The summed E-state index contributed by atoms with van der Waals surface area (Å²) >= 11 is 7.32. The Bertz CT molecular complexity index is 976. The average molecular weight is 430 g/mol. The minimum absolute atomic E-state index is 0.187. The summed E-state index contributed by atoms with van der Waals surface area (Å²) in [5.41, 5.74) is 1.87. The number of thioether (sulfide) groups is 1. The van der Waals surface area contributed by atoms with Crippen molar-refractivity contribution in [3.63, 3.8) is 0 Å². The molecule has 0 fully saturated rings. The number of amides is 3. The van der Waals surface area contributed by atoms with Crippen LogP contribution in [0.3, 0.4) is 0 Å². The van der Waals surface area contributed by atoms with Crippen molar-refractivity contribution in [3.8, 4) is 11.4 Å². The zero-order valence-electron chi connectivity index (χ0n) is 15.8. The molecule has 0 atom stereocenters. The molecule has 3 amide bonds. The van der Waals surface area contributed by atoms with Crippen LogP contribution in [-0.2, 0) is 18.4 Å². The van der Waals surface area contributed by atoms with Gasteiger partial charge in [0.1, 0.15) is 0 Å². The fraction of sp³-hybridized carbons (Fsp3) is 0.200. The first-order valence-electron chi connectivity index (χ1n) is 8.92. The predicted octanol–water partition coefficient (Wildman–Crippen LogP) is 3.64. The van der Waals surface area contributed by atoms with E-state index in [0.717, 1.165) is 11.1 Å². The molecule has 3 rings (SSSR count). The Morgan fingerprint density at radius 2 is 1.79 bits per heavy atom. The van der Waals surface area contributed by atoms with Crippen LogP contribution in [0.2, 0.25) is 5.02 Å². The van der Waals surface area contributed by atoms with E-state index in [-0.39, 0.29) is 12.3 Å². The third kappa shape index (κ3) is 6.07. The molecule has 0 bridgehead atoms. The van der Waals surface area contributed by atoms with Gasteiger partial charge in [0, 0.05) is 36.4 Å². The number of nitrogens with one attached hydrogen (secondary N) is 2. The maximum absolute atomic E-state index is 12.0. The lowest BCUT2D eigenvalue weighted by molar-refractivity contribution is -0.119. The molecule has 3 aromatic rings. The van der Waals surface area contributed by atoms with Crippen molar-refractivity contribution < 1.29 is 9.59 Å². The molecule has 0 spiro atoms. The molecule has 2 aromatic carbocycles. The first kappa shape index (κ1) is 20.9. The molecule has 1 heterocycles. The third-order valence-electron chi connectivity index (χ3n) is 4.05. The van der Waals surface area contributed by atoms with Gasteiger partial charge in [-0.1, -0.05) is 53.7 Å². The maximum atomic E-state index is 12.0. The summed E-state index contributed by atoms with van der Waals surface area (Å²) in [4.78, 5) is 23.8. The second kappa shape index (κ2) is 10.1. The van der Waals surface area contributed by atoms with Gasteiger partial charge in [0.15, 0.2) is 11.0 Å². The monoisotopic (exact) mass is 429 g/mol. The number of hydrogen-bond donors (Lipinski definition) is 2. The number of benzene rings is 2. The van der Waals surface area contributed by atoms with Gasteiger partial charge in [-0.3, -0.25) is 10.1 Å². The summed E-state index contributed by atoms with van der Waals surface area (Å²) in [6.45, 7) is 0.362. The Morgan fingerprint density at radius 1 is 1.07 bits per heavy atom. The van der Waals surface area contributed by atoms with Crippen molar-refractivity contribution in [1.29, 1.82) is 0 Å². The molecule has 29 heavy (non-hydrogen) atoms. The van der Waals surface area contributed by atoms with E-state index >= 15 is 0 Å². The van der Waals surface area contributed by atoms with Crippen molar-refractivity contribution in [2.75, 3.05) is 5.75 Å². The van der Waals surface area contributed by atoms with Crippen molar-refractivity contribution in [3.05, 3.63) is 65.2 Å². The first-order valence-corrected chi connectivity index (χ1v) is 10.3. The average Bonchev–Trinajstić information content (AvgIpc) is 3.08. The van der Waals surface area contributed by atoms with Crippen molar-refractivity contribution in [1.82, 2.24) is 25.4 Å². The highest BCUT2D eigenvalue weighted by Crippen LogP contribution is 2.24. The Labute approximate surface area is 177 Å². The summed E-state index contributed by atoms with van der Waals surface area (Å²) in [6.07, 6.45) is 0.187. The summed E-state index contributed by atoms with van der Waals surface area (Å²) in [5, 5.41) is 14.7.